The Labute approximate surface area is 212 Å². The van der Waals surface area contributed by atoms with E-state index < -0.39 is 18.0 Å². The molecule has 186 valence electrons. The van der Waals surface area contributed by atoms with Gasteiger partial charge < -0.3 is 20.1 Å². The van der Waals surface area contributed by atoms with Crippen molar-refractivity contribution in [1.82, 2.24) is 15.6 Å². The van der Waals surface area contributed by atoms with Crippen LogP contribution < -0.4 is 20.1 Å². The predicted octanol–water partition coefficient (Wildman–Crippen LogP) is 5.02. The lowest BCUT2D eigenvalue weighted by Crippen LogP contribution is -2.28. The summed E-state index contributed by atoms with van der Waals surface area (Å²) in [6.07, 6.45) is -4.22. The molecule has 35 heavy (non-hydrogen) atoms. The molecule has 2 N–H and O–H groups in total. The number of benzene rings is 2. The molecule has 1 heterocycles. The molecule has 7 nitrogen and oxygen atoms in total. The number of carbonyl (C=O) groups excluding carboxylic acids is 2. The second-order valence-corrected chi connectivity index (χ2v) is 8.72. The molecule has 1 aromatic heterocycles. The van der Waals surface area contributed by atoms with E-state index >= 15 is 0 Å². The zero-order valence-corrected chi connectivity index (χ0v) is 20.2. The third kappa shape index (κ3) is 8.93. The van der Waals surface area contributed by atoms with Gasteiger partial charge in [-0.05, 0) is 48.4 Å². The summed E-state index contributed by atoms with van der Waals surface area (Å²) in [4.78, 5) is 28.4. The topological polar surface area (TPSA) is 89.6 Å². The summed E-state index contributed by atoms with van der Waals surface area (Å²) in [5, 5.41) is 8.36. The summed E-state index contributed by atoms with van der Waals surface area (Å²) >= 11 is 13.1. The number of hydrogen-bond donors (Lipinski definition) is 2. The van der Waals surface area contributed by atoms with E-state index in [0.29, 0.717) is 28.0 Å². The van der Waals surface area contributed by atoms with Crippen LogP contribution in [0.25, 0.3) is 0 Å². The molecule has 0 fully saturated rings. The Balaban J connectivity index is 1.38. The van der Waals surface area contributed by atoms with Crippen molar-refractivity contribution in [2.75, 3.05) is 13.2 Å². The molecule has 3 aromatic rings. The van der Waals surface area contributed by atoms with E-state index in [-0.39, 0.29) is 30.5 Å². The van der Waals surface area contributed by atoms with Crippen LogP contribution in [0.1, 0.15) is 21.1 Å². The lowest BCUT2D eigenvalue weighted by molar-refractivity contribution is -0.274. The molecule has 3 rings (SSSR count). The molecular formula is C22H18Cl2F3N3O4S. The summed E-state index contributed by atoms with van der Waals surface area (Å²) in [6, 6.07) is 9.91. The van der Waals surface area contributed by atoms with Gasteiger partial charge in [-0.3, -0.25) is 9.59 Å². The second-order valence-electron chi connectivity index (χ2n) is 6.97. The normalized spacial score (nSPS) is 11.1. The first-order chi connectivity index (χ1) is 16.6. The molecule has 0 unspecified atom stereocenters. The largest absolute Gasteiger partial charge is 0.573 e. The first kappa shape index (κ1) is 26.6. The lowest BCUT2D eigenvalue weighted by atomic mass is 10.1. The molecule has 0 bridgehead atoms. The highest BCUT2D eigenvalue weighted by atomic mass is 35.5. The van der Waals surface area contributed by atoms with Crippen LogP contribution in [0.5, 0.6) is 11.5 Å². The summed E-state index contributed by atoms with van der Waals surface area (Å²) in [5.41, 5.74) is 1.15. The van der Waals surface area contributed by atoms with Gasteiger partial charge in [-0.15, -0.1) is 24.5 Å². The van der Waals surface area contributed by atoms with E-state index in [0.717, 1.165) is 17.7 Å². The van der Waals surface area contributed by atoms with Gasteiger partial charge in [0.25, 0.3) is 11.8 Å². The van der Waals surface area contributed by atoms with Gasteiger partial charge in [0.05, 0.1) is 16.6 Å². The fourth-order valence-corrected chi connectivity index (χ4v) is 3.75. The minimum absolute atomic E-state index is 0.0851. The number of nitrogens with zero attached hydrogens (tertiary/aromatic N) is 1. The average Bonchev–Trinajstić information content (AvgIpc) is 3.28. The number of carbonyl (C=O) groups is 2. The minimum atomic E-state index is -4.79. The highest BCUT2D eigenvalue weighted by Crippen LogP contribution is 2.25. The smallest absolute Gasteiger partial charge is 0.484 e. The molecule has 0 spiro atoms. The number of aromatic nitrogens is 1. The second kappa shape index (κ2) is 12.1. The molecule has 0 saturated carbocycles. The summed E-state index contributed by atoms with van der Waals surface area (Å²) in [5.74, 6) is -1.01. The Kier molecular flexibility index (Phi) is 9.19. The molecule has 0 aliphatic heterocycles. The highest BCUT2D eigenvalue weighted by molar-refractivity contribution is 7.09. The number of nitrogens with one attached hydrogen (secondary N) is 2. The number of alkyl halides is 3. The quantitative estimate of drug-likeness (QED) is 0.372. The average molecular weight is 548 g/mol. The predicted molar refractivity (Wildman–Crippen MR) is 125 cm³/mol. The van der Waals surface area contributed by atoms with Crippen molar-refractivity contribution >= 4 is 46.4 Å². The van der Waals surface area contributed by atoms with Crippen LogP contribution in [0.15, 0.2) is 47.8 Å². The first-order valence-corrected chi connectivity index (χ1v) is 11.6. The maximum atomic E-state index is 12.3. The molecule has 0 saturated heterocycles. The summed E-state index contributed by atoms with van der Waals surface area (Å²) < 4.78 is 45.5. The van der Waals surface area contributed by atoms with Crippen LogP contribution in [0.2, 0.25) is 10.0 Å². The van der Waals surface area contributed by atoms with E-state index in [1.54, 1.807) is 17.5 Å². The Bertz CT molecular complexity index is 1170. The third-order valence-electron chi connectivity index (χ3n) is 4.33. The van der Waals surface area contributed by atoms with Gasteiger partial charge in [0.1, 0.15) is 22.2 Å². The van der Waals surface area contributed by atoms with Gasteiger partial charge in [0.2, 0.25) is 0 Å². The van der Waals surface area contributed by atoms with Crippen LogP contribution in [0.4, 0.5) is 13.2 Å². The van der Waals surface area contributed by atoms with Crippen LogP contribution in [0, 0.1) is 0 Å². The van der Waals surface area contributed by atoms with Gasteiger partial charge in [0.15, 0.2) is 6.61 Å². The number of thiazole rings is 1. The van der Waals surface area contributed by atoms with Crippen molar-refractivity contribution in [1.29, 1.82) is 0 Å². The first-order valence-electron chi connectivity index (χ1n) is 10.0. The SMILES string of the molecule is O=C(COc1ccc(OC(F)(F)F)cc1)NCc1nc(C(=O)NCCc2ccc(Cl)c(Cl)c2)cs1. The van der Waals surface area contributed by atoms with E-state index in [1.165, 1.54) is 23.5 Å². The molecule has 0 aliphatic rings. The number of amides is 2. The van der Waals surface area contributed by atoms with Gasteiger partial charge in [0, 0.05) is 11.9 Å². The third-order valence-corrected chi connectivity index (χ3v) is 5.92. The molecule has 13 heteroatoms. The van der Waals surface area contributed by atoms with E-state index in [9.17, 15) is 22.8 Å². The van der Waals surface area contributed by atoms with Gasteiger partial charge in [-0.25, -0.2) is 4.98 Å². The fourth-order valence-electron chi connectivity index (χ4n) is 2.71. The molecule has 2 aromatic carbocycles. The maximum Gasteiger partial charge on any atom is 0.573 e. The monoisotopic (exact) mass is 547 g/mol. The number of halogens is 5. The summed E-state index contributed by atoms with van der Waals surface area (Å²) in [7, 11) is 0. The van der Waals surface area contributed by atoms with Crippen molar-refractivity contribution in [2.45, 2.75) is 19.3 Å². The van der Waals surface area contributed by atoms with Crippen LogP contribution >= 0.6 is 34.5 Å². The van der Waals surface area contributed by atoms with Crippen LogP contribution in [0.3, 0.4) is 0 Å². The maximum absolute atomic E-state index is 12.3. The fraction of sp³-hybridized carbons (Fsp3) is 0.227. The number of hydrogen-bond acceptors (Lipinski definition) is 6. The van der Waals surface area contributed by atoms with E-state index in [4.69, 9.17) is 27.9 Å². The van der Waals surface area contributed by atoms with Crippen LogP contribution in [-0.2, 0) is 17.8 Å². The van der Waals surface area contributed by atoms with E-state index in [1.807, 2.05) is 6.07 Å². The molecular weight excluding hydrogens is 530 g/mol. The number of ether oxygens (including phenoxy) is 2. The van der Waals surface area contributed by atoms with Gasteiger partial charge in [-0.2, -0.15) is 0 Å². The Morgan fingerprint density at radius 1 is 1.00 bits per heavy atom. The highest BCUT2D eigenvalue weighted by Gasteiger charge is 2.31. The molecule has 0 atom stereocenters. The van der Waals surface area contributed by atoms with Crippen molar-refractivity contribution in [3.05, 3.63) is 74.2 Å². The minimum Gasteiger partial charge on any atom is -0.484 e. The number of rotatable bonds is 10. The van der Waals surface area contributed by atoms with Gasteiger partial charge in [-0.1, -0.05) is 29.3 Å². The molecule has 2 amide bonds. The Morgan fingerprint density at radius 2 is 1.71 bits per heavy atom. The lowest BCUT2D eigenvalue weighted by Gasteiger charge is -2.10. The zero-order chi connectivity index (χ0) is 25.4. The van der Waals surface area contributed by atoms with Crippen molar-refractivity contribution in [2.24, 2.45) is 0 Å². The van der Waals surface area contributed by atoms with E-state index in [2.05, 4.69) is 20.4 Å². The molecule has 0 radical (unpaired) electrons. The molecule has 0 aliphatic carbocycles. The van der Waals surface area contributed by atoms with Crippen molar-refractivity contribution in [3.8, 4) is 11.5 Å². The van der Waals surface area contributed by atoms with Gasteiger partial charge >= 0.3 is 6.36 Å². The summed E-state index contributed by atoms with van der Waals surface area (Å²) in [6.45, 7) is 0.107. The van der Waals surface area contributed by atoms with Crippen LogP contribution in [-0.4, -0.2) is 36.3 Å². The van der Waals surface area contributed by atoms with Crippen molar-refractivity contribution in [3.63, 3.8) is 0 Å². The Morgan fingerprint density at radius 3 is 2.40 bits per heavy atom. The standard InChI is InChI=1S/C22H18Cl2F3N3O4S/c23-16-6-1-13(9-17(16)24)7-8-28-21(32)18-12-35-20(30-18)10-29-19(31)11-33-14-2-4-15(5-3-14)34-22(25,26)27/h1-6,9,12H,7-8,10-11H2,(H,28,32)(H,29,31). The van der Waals surface area contributed by atoms with Crippen molar-refractivity contribution < 1.29 is 32.2 Å². The Hall–Kier alpha value is -3.02. The zero-order valence-electron chi connectivity index (χ0n) is 17.8.